The van der Waals surface area contributed by atoms with E-state index in [1.807, 2.05) is 29.2 Å². The molecule has 1 saturated heterocycles. The predicted molar refractivity (Wildman–Crippen MR) is 60.5 cm³/mol. The largest absolute Gasteiger partial charge is 0.326 e. The Balaban J connectivity index is 2.23. The third kappa shape index (κ3) is 2.18. The molecule has 1 amide bonds. The second kappa shape index (κ2) is 4.45. The zero-order chi connectivity index (χ0) is 10.7. The molecule has 0 aliphatic carbocycles. The van der Waals surface area contributed by atoms with Gasteiger partial charge in [-0.05, 0) is 30.5 Å². The first-order valence-electron chi connectivity index (χ1n) is 5.40. The number of hydrogen-bond donors (Lipinski definition) is 1. The second-order valence-electron chi connectivity index (χ2n) is 3.88. The molecule has 1 aliphatic rings. The molecule has 0 bridgehead atoms. The van der Waals surface area contributed by atoms with Crippen LogP contribution in [0.5, 0.6) is 0 Å². The first-order valence-corrected chi connectivity index (χ1v) is 5.40. The highest BCUT2D eigenvalue weighted by Crippen LogP contribution is 2.21. The lowest BCUT2D eigenvalue weighted by atomic mass is 10.1. The Labute approximate surface area is 89.9 Å². The number of nitrogens with zero attached hydrogens (tertiary/aromatic N) is 1. The Kier molecular flexibility index (Phi) is 3.02. The van der Waals surface area contributed by atoms with Crippen molar-refractivity contribution in [1.82, 2.24) is 0 Å². The van der Waals surface area contributed by atoms with Gasteiger partial charge in [0.25, 0.3) is 0 Å². The summed E-state index contributed by atoms with van der Waals surface area (Å²) in [4.78, 5) is 13.6. The Hall–Kier alpha value is -1.35. The van der Waals surface area contributed by atoms with E-state index in [1.165, 1.54) is 0 Å². The van der Waals surface area contributed by atoms with Gasteiger partial charge in [0, 0.05) is 25.2 Å². The highest BCUT2D eigenvalue weighted by atomic mass is 16.2. The van der Waals surface area contributed by atoms with Crippen LogP contribution in [0.25, 0.3) is 0 Å². The minimum Gasteiger partial charge on any atom is -0.326 e. The normalized spacial score (nSPS) is 16.9. The number of rotatable bonds is 2. The Bertz CT molecular complexity index is 362. The number of nitrogens with two attached hydrogens (primary N) is 1. The van der Waals surface area contributed by atoms with Crippen molar-refractivity contribution in [2.45, 2.75) is 25.8 Å². The standard InChI is InChI=1S/C12H16N2O/c13-9-10-4-3-5-11(8-10)14-7-2-1-6-12(14)15/h3-5,8H,1-2,6-7,9,13H2. The number of piperidine rings is 1. The van der Waals surface area contributed by atoms with Crippen LogP contribution in [0.2, 0.25) is 0 Å². The van der Waals surface area contributed by atoms with Gasteiger partial charge in [-0.15, -0.1) is 0 Å². The summed E-state index contributed by atoms with van der Waals surface area (Å²) in [5, 5.41) is 0. The molecule has 1 fully saturated rings. The zero-order valence-corrected chi connectivity index (χ0v) is 8.78. The summed E-state index contributed by atoms with van der Waals surface area (Å²) in [6, 6.07) is 7.92. The lowest BCUT2D eigenvalue weighted by Crippen LogP contribution is -2.35. The molecule has 15 heavy (non-hydrogen) atoms. The number of anilines is 1. The summed E-state index contributed by atoms with van der Waals surface area (Å²) in [5.41, 5.74) is 7.64. The molecule has 0 spiro atoms. The lowest BCUT2D eigenvalue weighted by Gasteiger charge is -2.27. The topological polar surface area (TPSA) is 46.3 Å². The van der Waals surface area contributed by atoms with E-state index in [0.29, 0.717) is 13.0 Å². The van der Waals surface area contributed by atoms with Crippen LogP contribution in [0.4, 0.5) is 5.69 Å². The molecule has 0 unspecified atom stereocenters. The number of hydrogen-bond acceptors (Lipinski definition) is 2. The van der Waals surface area contributed by atoms with E-state index in [0.717, 1.165) is 30.6 Å². The van der Waals surface area contributed by atoms with E-state index < -0.39 is 0 Å². The fourth-order valence-electron chi connectivity index (χ4n) is 1.93. The smallest absolute Gasteiger partial charge is 0.226 e. The van der Waals surface area contributed by atoms with Crippen molar-refractivity contribution in [3.63, 3.8) is 0 Å². The second-order valence-corrected chi connectivity index (χ2v) is 3.88. The molecule has 0 saturated carbocycles. The van der Waals surface area contributed by atoms with Gasteiger partial charge in [-0.3, -0.25) is 4.79 Å². The molecular formula is C12H16N2O. The molecule has 0 aromatic heterocycles. The molecule has 0 radical (unpaired) electrons. The van der Waals surface area contributed by atoms with Gasteiger partial charge in [0.2, 0.25) is 5.91 Å². The summed E-state index contributed by atoms with van der Waals surface area (Å²) >= 11 is 0. The van der Waals surface area contributed by atoms with Gasteiger partial charge in [-0.2, -0.15) is 0 Å². The van der Waals surface area contributed by atoms with Crippen molar-refractivity contribution in [1.29, 1.82) is 0 Å². The maximum absolute atomic E-state index is 11.7. The molecule has 2 rings (SSSR count). The number of carbonyl (C=O) groups excluding carboxylic acids is 1. The summed E-state index contributed by atoms with van der Waals surface area (Å²) in [7, 11) is 0. The van der Waals surface area contributed by atoms with Crippen LogP contribution in [0.15, 0.2) is 24.3 Å². The van der Waals surface area contributed by atoms with E-state index in [-0.39, 0.29) is 5.91 Å². The number of amides is 1. The summed E-state index contributed by atoms with van der Waals surface area (Å²) in [6.07, 6.45) is 2.79. The quantitative estimate of drug-likeness (QED) is 0.796. The van der Waals surface area contributed by atoms with E-state index >= 15 is 0 Å². The maximum Gasteiger partial charge on any atom is 0.226 e. The van der Waals surface area contributed by atoms with Gasteiger partial charge in [0.15, 0.2) is 0 Å². The van der Waals surface area contributed by atoms with Crippen molar-refractivity contribution < 1.29 is 4.79 Å². The average molecular weight is 204 g/mol. The molecule has 1 heterocycles. The molecule has 3 heteroatoms. The minimum atomic E-state index is 0.232. The first-order chi connectivity index (χ1) is 7.31. The van der Waals surface area contributed by atoms with Crippen LogP contribution < -0.4 is 10.6 Å². The molecule has 1 aliphatic heterocycles. The van der Waals surface area contributed by atoms with Crippen molar-refractivity contribution >= 4 is 11.6 Å². The van der Waals surface area contributed by atoms with Crippen LogP contribution in [0.1, 0.15) is 24.8 Å². The minimum absolute atomic E-state index is 0.232. The van der Waals surface area contributed by atoms with Crippen LogP contribution in [0, 0.1) is 0 Å². The number of benzene rings is 1. The Morgan fingerprint density at radius 2 is 2.20 bits per heavy atom. The maximum atomic E-state index is 11.7. The van der Waals surface area contributed by atoms with Gasteiger partial charge in [0.05, 0.1) is 0 Å². The summed E-state index contributed by atoms with van der Waals surface area (Å²) < 4.78 is 0. The average Bonchev–Trinajstić information content (AvgIpc) is 2.30. The molecular weight excluding hydrogens is 188 g/mol. The van der Waals surface area contributed by atoms with Crippen molar-refractivity contribution in [2.75, 3.05) is 11.4 Å². The summed E-state index contributed by atoms with van der Waals surface area (Å²) in [5.74, 6) is 0.232. The van der Waals surface area contributed by atoms with Crippen molar-refractivity contribution in [3.8, 4) is 0 Å². The molecule has 80 valence electrons. The van der Waals surface area contributed by atoms with E-state index in [2.05, 4.69) is 0 Å². The zero-order valence-electron chi connectivity index (χ0n) is 8.78. The monoisotopic (exact) mass is 204 g/mol. The van der Waals surface area contributed by atoms with Crippen molar-refractivity contribution in [3.05, 3.63) is 29.8 Å². The van der Waals surface area contributed by atoms with Crippen LogP contribution in [-0.2, 0) is 11.3 Å². The molecule has 1 aromatic carbocycles. The fraction of sp³-hybridized carbons (Fsp3) is 0.417. The SMILES string of the molecule is NCc1cccc(N2CCCCC2=O)c1. The molecule has 0 atom stereocenters. The Morgan fingerprint density at radius 1 is 1.33 bits per heavy atom. The van der Waals surface area contributed by atoms with Gasteiger partial charge < -0.3 is 10.6 Å². The van der Waals surface area contributed by atoms with Crippen LogP contribution in [0.3, 0.4) is 0 Å². The molecule has 2 N–H and O–H groups in total. The fourth-order valence-corrected chi connectivity index (χ4v) is 1.93. The van der Waals surface area contributed by atoms with Crippen LogP contribution in [-0.4, -0.2) is 12.5 Å². The van der Waals surface area contributed by atoms with E-state index in [4.69, 9.17) is 5.73 Å². The van der Waals surface area contributed by atoms with E-state index in [9.17, 15) is 4.79 Å². The highest BCUT2D eigenvalue weighted by molar-refractivity contribution is 5.94. The van der Waals surface area contributed by atoms with Crippen LogP contribution >= 0.6 is 0 Å². The third-order valence-electron chi connectivity index (χ3n) is 2.78. The van der Waals surface area contributed by atoms with Gasteiger partial charge in [-0.25, -0.2) is 0 Å². The van der Waals surface area contributed by atoms with Gasteiger partial charge in [0.1, 0.15) is 0 Å². The molecule has 1 aromatic rings. The first kappa shape index (κ1) is 10.2. The summed E-state index contributed by atoms with van der Waals surface area (Å²) in [6.45, 7) is 1.36. The van der Waals surface area contributed by atoms with Crippen molar-refractivity contribution in [2.24, 2.45) is 5.73 Å². The predicted octanol–water partition coefficient (Wildman–Crippen LogP) is 1.66. The van der Waals surface area contributed by atoms with Gasteiger partial charge >= 0.3 is 0 Å². The van der Waals surface area contributed by atoms with Gasteiger partial charge in [-0.1, -0.05) is 12.1 Å². The highest BCUT2D eigenvalue weighted by Gasteiger charge is 2.19. The third-order valence-corrected chi connectivity index (χ3v) is 2.78. The van der Waals surface area contributed by atoms with E-state index in [1.54, 1.807) is 0 Å². The lowest BCUT2D eigenvalue weighted by molar-refractivity contribution is -0.119. The number of carbonyl (C=O) groups is 1. The molecule has 3 nitrogen and oxygen atoms in total. The Morgan fingerprint density at radius 3 is 2.93 bits per heavy atom.